The van der Waals surface area contributed by atoms with E-state index < -0.39 is 6.10 Å². The van der Waals surface area contributed by atoms with Crippen molar-refractivity contribution in [3.05, 3.63) is 66.2 Å². The van der Waals surface area contributed by atoms with Gasteiger partial charge in [-0.1, -0.05) is 48.5 Å². The van der Waals surface area contributed by atoms with Crippen LogP contribution in [0.5, 0.6) is 11.5 Å². The van der Waals surface area contributed by atoms with Crippen LogP contribution in [0.2, 0.25) is 0 Å². The summed E-state index contributed by atoms with van der Waals surface area (Å²) in [6.07, 6.45) is 3.06. The molecule has 0 spiro atoms. The van der Waals surface area contributed by atoms with Crippen LogP contribution in [0.25, 0.3) is 6.08 Å². The maximum atomic E-state index is 12.1. The van der Waals surface area contributed by atoms with Crippen LogP contribution in [0.1, 0.15) is 12.5 Å². The first-order valence-electron chi connectivity index (χ1n) is 7.68. The molecule has 0 fully saturated rings. The zero-order valence-electron chi connectivity index (χ0n) is 13.3. The number of nitrogens with zero attached hydrogens (tertiary/aromatic N) is 1. The smallest absolute Gasteiger partial charge is 0.284 e. The maximum absolute atomic E-state index is 12.1. The van der Waals surface area contributed by atoms with Gasteiger partial charge in [-0.3, -0.25) is 4.79 Å². The number of ether oxygens (including phenoxy) is 2. The number of hydrogen-bond acceptors (Lipinski definition) is 4. The molecule has 0 bridgehead atoms. The van der Waals surface area contributed by atoms with Gasteiger partial charge in [0.25, 0.3) is 5.91 Å². The van der Waals surface area contributed by atoms with Crippen molar-refractivity contribution < 1.29 is 14.3 Å². The SMILES string of the molecule is CC(C=Cc1ccccc1)=NNC(=O)C1COc2ccccc2O1. The van der Waals surface area contributed by atoms with E-state index in [-0.39, 0.29) is 12.5 Å². The Morgan fingerprint density at radius 2 is 1.83 bits per heavy atom. The van der Waals surface area contributed by atoms with Crippen molar-refractivity contribution in [1.82, 2.24) is 5.43 Å². The third-order valence-corrected chi connectivity index (χ3v) is 3.46. The molecule has 0 aromatic heterocycles. The summed E-state index contributed by atoms with van der Waals surface area (Å²) in [5.74, 6) is 0.873. The molecule has 5 heteroatoms. The summed E-state index contributed by atoms with van der Waals surface area (Å²) >= 11 is 0. The van der Waals surface area contributed by atoms with Gasteiger partial charge in [-0.15, -0.1) is 0 Å². The number of para-hydroxylation sites is 2. The molecule has 1 N–H and O–H groups in total. The lowest BCUT2D eigenvalue weighted by molar-refractivity contribution is -0.130. The number of nitrogens with one attached hydrogen (secondary N) is 1. The third-order valence-electron chi connectivity index (χ3n) is 3.46. The van der Waals surface area contributed by atoms with Gasteiger partial charge < -0.3 is 9.47 Å². The summed E-state index contributed by atoms with van der Waals surface area (Å²) in [6.45, 7) is 1.98. The maximum Gasteiger partial charge on any atom is 0.284 e. The van der Waals surface area contributed by atoms with Crippen LogP contribution in [0.4, 0.5) is 0 Å². The average molecular weight is 322 g/mol. The Morgan fingerprint density at radius 1 is 1.12 bits per heavy atom. The molecule has 1 unspecified atom stereocenters. The van der Waals surface area contributed by atoms with Crippen molar-refractivity contribution in [3.63, 3.8) is 0 Å². The number of rotatable bonds is 4. The van der Waals surface area contributed by atoms with E-state index in [4.69, 9.17) is 9.47 Å². The van der Waals surface area contributed by atoms with Gasteiger partial charge >= 0.3 is 0 Å². The highest BCUT2D eigenvalue weighted by Crippen LogP contribution is 2.30. The van der Waals surface area contributed by atoms with Crippen LogP contribution >= 0.6 is 0 Å². The highest BCUT2D eigenvalue weighted by atomic mass is 16.6. The van der Waals surface area contributed by atoms with Crippen molar-refractivity contribution in [3.8, 4) is 11.5 Å². The first-order valence-corrected chi connectivity index (χ1v) is 7.68. The highest BCUT2D eigenvalue weighted by molar-refractivity contribution is 5.97. The summed E-state index contributed by atoms with van der Waals surface area (Å²) in [6, 6.07) is 17.1. The molecule has 1 heterocycles. The van der Waals surface area contributed by atoms with E-state index in [0.717, 1.165) is 5.56 Å². The molecule has 2 aromatic rings. The van der Waals surface area contributed by atoms with Crippen LogP contribution in [0.15, 0.2) is 65.8 Å². The predicted molar refractivity (Wildman–Crippen MR) is 93.1 cm³/mol. The summed E-state index contributed by atoms with van der Waals surface area (Å²) < 4.78 is 11.2. The molecule has 1 aliphatic rings. The molecule has 0 radical (unpaired) electrons. The molecule has 1 atom stereocenters. The quantitative estimate of drug-likeness (QED) is 0.695. The van der Waals surface area contributed by atoms with Crippen molar-refractivity contribution in [1.29, 1.82) is 0 Å². The standard InChI is InChI=1S/C19H18N2O3/c1-14(11-12-15-7-3-2-4-8-15)20-21-19(22)18-13-23-16-9-5-6-10-17(16)24-18/h2-12,18H,13H2,1H3,(H,21,22). The number of hydrazone groups is 1. The molecule has 0 saturated carbocycles. The van der Waals surface area contributed by atoms with E-state index in [9.17, 15) is 4.79 Å². The lowest BCUT2D eigenvalue weighted by atomic mass is 10.2. The Kier molecular flexibility index (Phi) is 4.91. The molecule has 1 aliphatic heterocycles. The average Bonchev–Trinajstić information content (AvgIpc) is 2.65. The van der Waals surface area contributed by atoms with E-state index in [1.165, 1.54) is 0 Å². The van der Waals surface area contributed by atoms with Gasteiger partial charge in [0, 0.05) is 0 Å². The number of fused-ring (bicyclic) bond motifs is 1. The predicted octanol–water partition coefficient (Wildman–Crippen LogP) is 3.03. The van der Waals surface area contributed by atoms with Gasteiger partial charge in [-0.05, 0) is 30.7 Å². The number of carbonyl (C=O) groups is 1. The van der Waals surface area contributed by atoms with E-state index >= 15 is 0 Å². The number of carbonyl (C=O) groups excluding carboxylic acids is 1. The second-order valence-electron chi connectivity index (χ2n) is 5.34. The van der Waals surface area contributed by atoms with E-state index in [0.29, 0.717) is 17.2 Å². The molecule has 1 amide bonds. The highest BCUT2D eigenvalue weighted by Gasteiger charge is 2.26. The van der Waals surface area contributed by atoms with Gasteiger partial charge in [0.05, 0.1) is 5.71 Å². The second-order valence-corrected chi connectivity index (χ2v) is 5.34. The summed E-state index contributed by atoms with van der Waals surface area (Å²) in [5, 5.41) is 4.07. The van der Waals surface area contributed by atoms with E-state index in [2.05, 4.69) is 10.5 Å². The lowest BCUT2D eigenvalue weighted by Gasteiger charge is -2.24. The van der Waals surface area contributed by atoms with Crippen molar-refractivity contribution in [2.75, 3.05) is 6.61 Å². The fraction of sp³-hybridized carbons (Fsp3) is 0.158. The lowest BCUT2D eigenvalue weighted by Crippen LogP contribution is -2.42. The first-order chi connectivity index (χ1) is 11.7. The van der Waals surface area contributed by atoms with E-state index in [1.807, 2.05) is 61.5 Å². The minimum atomic E-state index is -0.713. The fourth-order valence-corrected chi connectivity index (χ4v) is 2.18. The van der Waals surface area contributed by atoms with Crippen LogP contribution in [-0.4, -0.2) is 24.3 Å². The molecule has 122 valence electrons. The topological polar surface area (TPSA) is 59.9 Å². The molecule has 5 nitrogen and oxygen atoms in total. The van der Waals surface area contributed by atoms with Crippen LogP contribution < -0.4 is 14.9 Å². The van der Waals surface area contributed by atoms with Crippen LogP contribution in [-0.2, 0) is 4.79 Å². The molecular weight excluding hydrogens is 304 g/mol. The minimum absolute atomic E-state index is 0.164. The Balaban J connectivity index is 1.56. The molecule has 2 aromatic carbocycles. The van der Waals surface area contributed by atoms with E-state index in [1.54, 1.807) is 12.1 Å². The summed E-state index contributed by atoms with van der Waals surface area (Å²) in [4.78, 5) is 12.1. The van der Waals surface area contributed by atoms with Gasteiger partial charge in [0.15, 0.2) is 11.5 Å². The van der Waals surface area contributed by atoms with Gasteiger partial charge in [0.2, 0.25) is 6.10 Å². The Bertz CT molecular complexity index is 769. The minimum Gasteiger partial charge on any atom is -0.485 e. The zero-order chi connectivity index (χ0) is 16.8. The second kappa shape index (κ2) is 7.46. The largest absolute Gasteiger partial charge is 0.485 e. The zero-order valence-corrected chi connectivity index (χ0v) is 13.3. The normalized spacial score (nSPS) is 16.9. The van der Waals surface area contributed by atoms with Gasteiger partial charge in [-0.25, -0.2) is 5.43 Å². The molecule has 0 saturated heterocycles. The van der Waals surface area contributed by atoms with Crippen LogP contribution in [0.3, 0.4) is 0 Å². The number of hydrogen-bond donors (Lipinski definition) is 1. The monoisotopic (exact) mass is 322 g/mol. The number of amides is 1. The fourth-order valence-electron chi connectivity index (χ4n) is 2.18. The summed E-state index contributed by atoms with van der Waals surface area (Å²) in [5.41, 5.74) is 4.27. The van der Waals surface area contributed by atoms with Gasteiger partial charge in [0.1, 0.15) is 6.61 Å². The molecule has 3 rings (SSSR count). The van der Waals surface area contributed by atoms with Gasteiger partial charge in [-0.2, -0.15) is 5.10 Å². The van der Waals surface area contributed by atoms with Crippen molar-refractivity contribution in [2.45, 2.75) is 13.0 Å². The first kappa shape index (κ1) is 15.8. The molecule has 24 heavy (non-hydrogen) atoms. The Hall–Kier alpha value is -3.08. The van der Waals surface area contributed by atoms with Crippen molar-refractivity contribution in [2.24, 2.45) is 5.10 Å². The van der Waals surface area contributed by atoms with Crippen molar-refractivity contribution >= 4 is 17.7 Å². The Labute approximate surface area is 140 Å². The Morgan fingerprint density at radius 3 is 2.62 bits per heavy atom. The van der Waals surface area contributed by atoms with Crippen LogP contribution in [0, 0.1) is 0 Å². The summed E-state index contributed by atoms with van der Waals surface area (Å²) in [7, 11) is 0. The molecular formula is C19H18N2O3. The molecule has 0 aliphatic carbocycles. The number of allylic oxidation sites excluding steroid dienone is 1. The third kappa shape index (κ3) is 4.01. The number of benzene rings is 2.